The van der Waals surface area contributed by atoms with E-state index in [0.717, 1.165) is 0 Å². The number of nitrogens with zero attached hydrogens (tertiary/aromatic N) is 1. The lowest BCUT2D eigenvalue weighted by Gasteiger charge is -2.31. The quantitative estimate of drug-likeness (QED) is 0.124. The van der Waals surface area contributed by atoms with Crippen molar-refractivity contribution in [2.75, 3.05) is 26.4 Å². The van der Waals surface area contributed by atoms with E-state index in [1.54, 1.807) is 0 Å². The summed E-state index contributed by atoms with van der Waals surface area (Å²) in [6.45, 7) is 13.5. The third-order valence-electron chi connectivity index (χ3n) is 3.78. The van der Waals surface area contributed by atoms with Crippen molar-refractivity contribution in [3.63, 3.8) is 0 Å². The van der Waals surface area contributed by atoms with E-state index in [1.165, 1.54) is 48.6 Å². The molecule has 0 aromatic heterocycles. The Morgan fingerprint density at radius 2 is 1.16 bits per heavy atom. The number of nitro benzene ring substituents is 1. The molecule has 9 nitrogen and oxygen atoms in total. The van der Waals surface area contributed by atoms with Crippen LogP contribution in [0.25, 0.3) is 0 Å². The molecule has 0 fully saturated rings. The highest BCUT2D eigenvalue weighted by molar-refractivity contribution is 7.72. The van der Waals surface area contributed by atoms with Crippen LogP contribution >= 0.6 is 15.2 Å². The van der Waals surface area contributed by atoms with Crippen LogP contribution in [0.5, 0.6) is 0 Å². The standard InChI is InChI=1S/C20H27NO8P2/c1-5-13-26-30(24,27-14-6-2)20(31(25,28-15-7-3)29-16-8-4)17-18-9-11-19(12-10-18)21(22)23/h5-12,20H,1-4,13-17H2. The number of nitro groups is 1. The van der Waals surface area contributed by atoms with Crippen molar-refractivity contribution in [3.8, 4) is 0 Å². The Morgan fingerprint density at radius 3 is 1.45 bits per heavy atom. The van der Waals surface area contributed by atoms with Gasteiger partial charge in [0, 0.05) is 12.1 Å². The van der Waals surface area contributed by atoms with E-state index in [1.807, 2.05) is 0 Å². The average Bonchev–Trinajstić information content (AvgIpc) is 2.77. The summed E-state index contributed by atoms with van der Waals surface area (Å²) in [5.41, 5.74) is 0.369. The van der Waals surface area contributed by atoms with Gasteiger partial charge in [-0.3, -0.25) is 19.2 Å². The van der Waals surface area contributed by atoms with Crippen molar-refractivity contribution >= 4 is 20.9 Å². The van der Waals surface area contributed by atoms with Gasteiger partial charge in [0.2, 0.25) is 0 Å². The van der Waals surface area contributed by atoms with Crippen molar-refractivity contribution in [2.24, 2.45) is 0 Å². The number of hydrogen-bond acceptors (Lipinski definition) is 8. The van der Waals surface area contributed by atoms with Gasteiger partial charge in [0.1, 0.15) is 0 Å². The van der Waals surface area contributed by atoms with E-state index in [-0.39, 0.29) is 38.5 Å². The first-order valence-corrected chi connectivity index (χ1v) is 12.4. The fourth-order valence-electron chi connectivity index (χ4n) is 2.41. The number of rotatable bonds is 17. The molecule has 0 bridgehead atoms. The molecule has 1 aromatic carbocycles. The highest BCUT2D eigenvalue weighted by atomic mass is 31.2. The highest BCUT2D eigenvalue weighted by Gasteiger charge is 2.51. The molecule has 1 aromatic rings. The van der Waals surface area contributed by atoms with Gasteiger partial charge in [-0.05, 0) is 12.0 Å². The van der Waals surface area contributed by atoms with Gasteiger partial charge >= 0.3 is 15.2 Å². The maximum Gasteiger partial charge on any atom is 0.346 e. The average molecular weight is 471 g/mol. The third-order valence-corrected chi connectivity index (χ3v) is 9.34. The predicted molar refractivity (Wildman–Crippen MR) is 120 cm³/mol. The molecule has 0 saturated carbocycles. The summed E-state index contributed by atoms with van der Waals surface area (Å²) < 4.78 is 49.3. The fourth-order valence-corrected chi connectivity index (χ4v) is 7.55. The van der Waals surface area contributed by atoms with Gasteiger partial charge in [0.15, 0.2) is 5.40 Å². The smallest absolute Gasteiger partial charge is 0.304 e. The van der Waals surface area contributed by atoms with Gasteiger partial charge in [-0.25, -0.2) is 0 Å². The molecular weight excluding hydrogens is 444 g/mol. The number of non-ortho nitro benzene ring substituents is 1. The molecule has 0 amide bonds. The zero-order valence-electron chi connectivity index (χ0n) is 17.2. The maximum atomic E-state index is 13.8. The molecular formula is C20H27NO8P2. The summed E-state index contributed by atoms with van der Waals surface area (Å²) >= 11 is 0. The molecule has 0 aliphatic rings. The van der Waals surface area contributed by atoms with Crippen LogP contribution in [0.1, 0.15) is 5.56 Å². The third kappa shape index (κ3) is 8.15. The molecule has 0 atom stereocenters. The normalized spacial score (nSPS) is 11.8. The molecule has 11 heteroatoms. The van der Waals surface area contributed by atoms with Crippen LogP contribution in [0.3, 0.4) is 0 Å². The molecule has 31 heavy (non-hydrogen) atoms. The second kappa shape index (κ2) is 13.3. The van der Waals surface area contributed by atoms with Crippen LogP contribution in [-0.4, -0.2) is 36.8 Å². The second-order valence-electron chi connectivity index (χ2n) is 6.03. The van der Waals surface area contributed by atoms with Crippen LogP contribution in [0, 0.1) is 10.1 Å². The fraction of sp³-hybridized carbons (Fsp3) is 0.300. The summed E-state index contributed by atoms with van der Waals surface area (Å²) in [6, 6.07) is 5.49. The summed E-state index contributed by atoms with van der Waals surface area (Å²) in [5, 5.41) is 9.55. The van der Waals surface area contributed by atoms with Crippen molar-refractivity contribution in [1.82, 2.24) is 0 Å². The van der Waals surface area contributed by atoms with Gasteiger partial charge in [-0.1, -0.05) is 36.4 Å². The van der Waals surface area contributed by atoms with E-state index in [0.29, 0.717) is 5.56 Å². The van der Waals surface area contributed by atoms with Crippen LogP contribution in [0.2, 0.25) is 0 Å². The Morgan fingerprint density at radius 1 is 0.806 bits per heavy atom. The van der Waals surface area contributed by atoms with E-state index in [2.05, 4.69) is 26.3 Å². The summed E-state index contributed by atoms with van der Waals surface area (Å²) in [5.74, 6) is 0. The largest absolute Gasteiger partial charge is 0.346 e. The molecule has 0 heterocycles. The van der Waals surface area contributed by atoms with Crippen molar-refractivity contribution in [3.05, 3.63) is 90.6 Å². The Bertz CT molecular complexity index is 794. The molecule has 0 aliphatic heterocycles. The van der Waals surface area contributed by atoms with Crippen LogP contribution in [0.4, 0.5) is 5.69 Å². The molecule has 0 radical (unpaired) electrons. The maximum absolute atomic E-state index is 13.8. The van der Waals surface area contributed by atoms with Crippen LogP contribution < -0.4 is 0 Å². The van der Waals surface area contributed by atoms with E-state index < -0.39 is 25.5 Å². The van der Waals surface area contributed by atoms with Gasteiger partial charge in [-0.2, -0.15) is 0 Å². The topological polar surface area (TPSA) is 114 Å². The molecule has 0 unspecified atom stereocenters. The molecule has 0 N–H and O–H groups in total. The van der Waals surface area contributed by atoms with Gasteiger partial charge < -0.3 is 18.1 Å². The summed E-state index contributed by atoms with van der Waals surface area (Å²) in [4.78, 5) is 10.4. The molecule has 1 rings (SSSR count). The van der Waals surface area contributed by atoms with Crippen molar-refractivity contribution in [1.29, 1.82) is 0 Å². The number of benzene rings is 1. The van der Waals surface area contributed by atoms with Gasteiger partial charge in [0.25, 0.3) is 5.69 Å². The Kier molecular flexibility index (Phi) is 11.6. The first-order valence-electron chi connectivity index (χ1n) is 9.20. The van der Waals surface area contributed by atoms with E-state index in [9.17, 15) is 19.2 Å². The number of hydrogen-bond donors (Lipinski definition) is 0. The lowest BCUT2D eigenvalue weighted by atomic mass is 10.1. The monoisotopic (exact) mass is 471 g/mol. The highest BCUT2D eigenvalue weighted by Crippen LogP contribution is 2.71. The van der Waals surface area contributed by atoms with Crippen molar-refractivity contribution in [2.45, 2.75) is 11.8 Å². The first-order chi connectivity index (χ1) is 14.8. The lowest BCUT2D eigenvalue weighted by Crippen LogP contribution is -2.20. The molecule has 0 aliphatic carbocycles. The van der Waals surface area contributed by atoms with E-state index >= 15 is 0 Å². The SMILES string of the molecule is C=CCOP(=O)(OCC=C)C(Cc1ccc([N+](=O)[O-])cc1)P(=O)(OCC=C)OCC=C. The molecule has 0 spiro atoms. The van der Waals surface area contributed by atoms with Gasteiger partial charge in [0.05, 0.1) is 31.4 Å². The van der Waals surface area contributed by atoms with Gasteiger partial charge in [-0.15, -0.1) is 26.3 Å². The lowest BCUT2D eigenvalue weighted by molar-refractivity contribution is -0.384. The summed E-state index contributed by atoms with van der Waals surface area (Å²) in [6.07, 6.45) is 5.34. The van der Waals surface area contributed by atoms with Crippen LogP contribution in [0.15, 0.2) is 74.9 Å². The van der Waals surface area contributed by atoms with Crippen molar-refractivity contribution < 1.29 is 32.1 Å². The zero-order valence-corrected chi connectivity index (χ0v) is 19.0. The minimum absolute atomic E-state index is 0.122. The van der Waals surface area contributed by atoms with E-state index in [4.69, 9.17) is 18.1 Å². The zero-order chi connectivity index (χ0) is 23.3. The molecule has 170 valence electrons. The predicted octanol–water partition coefficient (Wildman–Crippen LogP) is 5.66. The van der Waals surface area contributed by atoms with Crippen LogP contribution in [-0.2, 0) is 33.6 Å². The first kappa shape index (κ1) is 26.9. The minimum Gasteiger partial charge on any atom is -0.304 e. The minimum atomic E-state index is -4.12. The summed E-state index contributed by atoms with van der Waals surface area (Å²) in [7, 11) is -8.24. The Hall–Kier alpha value is -2.12. The Balaban J connectivity index is 3.49. The molecule has 0 saturated heterocycles. The second-order valence-corrected chi connectivity index (χ2v) is 10.9. The Labute approximate surface area is 182 Å².